The molecule has 0 radical (unpaired) electrons. The Balaban J connectivity index is 2.18. The molecular formula is C11H15N5S. The lowest BCUT2D eigenvalue weighted by Gasteiger charge is -2.18. The first-order valence-corrected chi connectivity index (χ1v) is 6.13. The van der Waals surface area contributed by atoms with E-state index in [-0.39, 0.29) is 0 Å². The van der Waals surface area contributed by atoms with Crippen LogP contribution in [0.4, 0.5) is 11.6 Å². The summed E-state index contributed by atoms with van der Waals surface area (Å²) in [7, 11) is 2.00. The van der Waals surface area contributed by atoms with Crippen molar-refractivity contribution in [2.45, 2.75) is 13.5 Å². The van der Waals surface area contributed by atoms with Gasteiger partial charge >= 0.3 is 0 Å². The third-order valence-electron chi connectivity index (χ3n) is 2.34. The van der Waals surface area contributed by atoms with Crippen molar-refractivity contribution in [1.82, 2.24) is 9.97 Å². The summed E-state index contributed by atoms with van der Waals surface area (Å²) < 4.78 is 0. The molecule has 0 unspecified atom stereocenters. The first-order valence-electron chi connectivity index (χ1n) is 5.25. The highest BCUT2D eigenvalue weighted by molar-refractivity contribution is 7.09. The molecule has 17 heavy (non-hydrogen) atoms. The van der Waals surface area contributed by atoms with Crippen LogP contribution in [0.3, 0.4) is 0 Å². The molecule has 0 aromatic carbocycles. The second-order valence-electron chi connectivity index (χ2n) is 3.74. The van der Waals surface area contributed by atoms with Crippen molar-refractivity contribution in [3.63, 3.8) is 0 Å². The van der Waals surface area contributed by atoms with Crippen LogP contribution in [0, 0.1) is 6.92 Å². The van der Waals surface area contributed by atoms with Crippen LogP contribution in [0.2, 0.25) is 0 Å². The van der Waals surface area contributed by atoms with Gasteiger partial charge in [-0.2, -0.15) is 0 Å². The maximum Gasteiger partial charge on any atom is 0.145 e. The van der Waals surface area contributed by atoms with Crippen LogP contribution < -0.4 is 16.2 Å². The number of hydrazine groups is 1. The van der Waals surface area contributed by atoms with Crippen molar-refractivity contribution in [2.75, 3.05) is 17.4 Å². The van der Waals surface area contributed by atoms with Crippen molar-refractivity contribution in [2.24, 2.45) is 5.84 Å². The largest absolute Gasteiger partial charge is 0.354 e. The van der Waals surface area contributed by atoms with Gasteiger partial charge in [-0.3, -0.25) is 0 Å². The number of hydrogen-bond donors (Lipinski definition) is 2. The van der Waals surface area contributed by atoms with Crippen LogP contribution in [0.5, 0.6) is 0 Å². The molecule has 6 heteroatoms. The lowest BCUT2D eigenvalue weighted by molar-refractivity contribution is 0.891. The Kier molecular flexibility index (Phi) is 3.55. The summed E-state index contributed by atoms with van der Waals surface area (Å²) in [4.78, 5) is 11.9. The number of anilines is 2. The molecule has 0 aliphatic carbocycles. The molecule has 0 amide bonds. The first-order chi connectivity index (χ1) is 8.19. The molecule has 0 spiro atoms. The van der Waals surface area contributed by atoms with Gasteiger partial charge in [-0.15, -0.1) is 11.3 Å². The normalized spacial score (nSPS) is 10.3. The standard InChI is InChI=1S/C11H15N5S/c1-8-13-10(15-12)6-11(14-8)16(2)7-9-4-3-5-17-9/h3-6H,7,12H2,1-2H3,(H,13,14,15). The molecule has 90 valence electrons. The highest BCUT2D eigenvalue weighted by atomic mass is 32.1. The van der Waals surface area contributed by atoms with E-state index in [2.05, 4.69) is 31.7 Å². The van der Waals surface area contributed by atoms with Gasteiger partial charge < -0.3 is 10.3 Å². The Morgan fingerprint density at radius 2 is 2.29 bits per heavy atom. The Morgan fingerprint density at radius 1 is 1.47 bits per heavy atom. The summed E-state index contributed by atoms with van der Waals surface area (Å²) in [6.07, 6.45) is 0. The van der Waals surface area contributed by atoms with E-state index in [9.17, 15) is 0 Å². The minimum absolute atomic E-state index is 0.630. The van der Waals surface area contributed by atoms with Gasteiger partial charge in [0.25, 0.3) is 0 Å². The van der Waals surface area contributed by atoms with Gasteiger partial charge in [-0.05, 0) is 18.4 Å². The van der Waals surface area contributed by atoms with E-state index in [0.717, 1.165) is 12.4 Å². The predicted octanol–water partition coefficient (Wildman–Crippen LogP) is 1.77. The molecule has 0 atom stereocenters. The van der Waals surface area contributed by atoms with Crippen LogP contribution in [-0.2, 0) is 6.54 Å². The highest BCUT2D eigenvalue weighted by Crippen LogP contribution is 2.18. The summed E-state index contributed by atoms with van der Waals surface area (Å²) >= 11 is 1.73. The van der Waals surface area contributed by atoms with Gasteiger partial charge in [0.1, 0.15) is 17.5 Å². The number of nitrogen functional groups attached to an aromatic ring is 1. The molecule has 3 N–H and O–H groups in total. The van der Waals surface area contributed by atoms with E-state index in [0.29, 0.717) is 11.6 Å². The number of nitrogens with zero attached hydrogens (tertiary/aromatic N) is 3. The van der Waals surface area contributed by atoms with E-state index < -0.39 is 0 Å². The second kappa shape index (κ2) is 5.11. The molecule has 0 bridgehead atoms. The minimum Gasteiger partial charge on any atom is -0.354 e. The number of nitrogens with one attached hydrogen (secondary N) is 1. The third kappa shape index (κ3) is 2.92. The number of hydrogen-bond acceptors (Lipinski definition) is 6. The Bertz CT molecular complexity index is 483. The fourth-order valence-electron chi connectivity index (χ4n) is 1.54. The van der Waals surface area contributed by atoms with Gasteiger partial charge in [0, 0.05) is 18.0 Å². The Hall–Kier alpha value is -1.66. The molecule has 2 aromatic heterocycles. The van der Waals surface area contributed by atoms with E-state index in [1.165, 1.54) is 4.88 Å². The van der Waals surface area contributed by atoms with Crippen molar-refractivity contribution in [1.29, 1.82) is 0 Å². The molecule has 0 saturated heterocycles. The zero-order chi connectivity index (χ0) is 12.3. The maximum atomic E-state index is 5.37. The molecule has 2 rings (SSSR count). The summed E-state index contributed by atoms with van der Waals surface area (Å²) in [5.74, 6) is 7.56. The summed E-state index contributed by atoms with van der Waals surface area (Å²) in [5, 5.41) is 2.07. The molecule has 5 nitrogen and oxygen atoms in total. The van der Waals surface area contributed by atoms with Crippen LogP contribution in [0.15, 0.2) is 23.6 Å². The first kappa shape index (κ1) is 11.8. The fourth-order valence-corrected chi connectivity index (χ4v) is 2.30. The molecule has 0 aliphatic heterocycles. The summed E-state index contributed by atoms with van der Waals surface area (Å²) in [5.41, 5.74) is 2.55. The zero-order valence-corrected chi connectivity index (χ0v) is 10.7. The van der Waals surface area contributed by atoms with Crippen molar-refractivity contribution in [3.05, 3.63) is 34.3 Å². The van der Waals surface area contributed by atoms with Gasteiger partial charge in [0.2, 0.25) is 0 Å². The van der Waals surface area contributed by atoms with Gasteiger partial charge in [-0.25, -0.2) is 15.8 Å². The summed E-state index contributed by atoms with van der Waals surface area (Å²) in [6, 6.07) is 5.99. The molecule has 0 aliphatic rings. The average Bonchev–Trinajstić information content (AvgIpc) is 2.81. The Labute approximate surface area is 104 Å². The van der Waals surface area contributed by atoms with E-state index >= 15 is 0 Å². The Morgan fingerprint density at radius 3 is 2.94 bits per heavy atom. The third-order valence-corrected chi connectivity index (χ3v) is 3.20. The predicted molar refractivity (Wildman–Crippen MR) is 71.0 cm³/mol. The SMILES string of the molecule is Cc1nc(NN)cc(N(C)Cc2cccs2)n1. The number of rotatable bonds is 4. The van der Waals surface area contributed by atoms with Crippen LogP contribution in [-0.4, -0.2) is 17.0 Å². The molecular weight excluding hydrogens is 234 g/mol. The molecule has 2 aromatic rings. The number of nitrogens with two attached hydrogens (primary N) is 1. The minimum atomic E-state index is 0.630. The van der Waals surface area contributed by atoms with Gasteiger partial charge in [0.15, 0.2) is 0 Å². The molecule has 0 fully saturated rings. The van der Waals surface area contributed by atoms with Gasteiger partial charge in [0.05, 0.1) is 6.54 Å². The van der Waals surface area contributed by atoms with Gasteiger partial charge in [-0.1, -0.05) is 6.07 Å². The van der Waals surface area contributed by atoms with E-state index in [1.54, 1.807) is 11.3 Å². The quantitative estimate of drug-likeness (QED) is 0.638. The molecule has 2 heterocycles. The smallest absolute Gasteiger partial charge is 0.145 e. The van der Waals surface area contributed by atoms with Crippen molar-refractivity contribution >= 4 is 23.0 Å². The lowest BCUT2D eigenvalue weighted by atomic mass is 10.4. The summed E-state index contributed by atoms with van der Waals surface area (Å²) in [6.45, 7) is 2.68. The molecule has 0 saturated carbocycles. The second-order valence-corrected chi connectivity index (χ2v) is 4.77. The number of aromatic nitrogens is 2. The zero-order valence-electron chi connectivity index (χ0n) is 9.84. The highest BCUT2D eigenvalue weighted by Gasteiger charge is 2.07. The van der Waals surface area contributed by atoms with Crippen LogP contribution in [0.1, 0.15) is 10.7 Å². The topological polar surface area (TPSA) is 67.1 Å². The van der Waals surface area contributed by atoms with Crippen LogP contribution >= 0.6 is 11.3 Å². The number of thiophene rings is 1. The van der Waals surface area contributed by atoms with E-state index in [4.69, 9.17) is 5.84 Å². The van der Waals surface area contributed by atoms with Crippen LogP contribution in [0.25, 0.3) is 0 Å². The average molecular weight is 249 g/mol. The number of aryl methyl sites for hydroxylation is 1. The monoisotopic (exact) mass is 249 g/mol. The van der Waals surface area contributed by atoms with Crippen molar-refractivity contribution < 1.29 is 0 Å². The van der Waals surface area contributed by atoms with E-state index in [1.807, 2.05) is 26.1 Å². The fraction of sp³-hybridized carbons (Fsp3) is 0.273. The maximum absolute atomic E-state index is 5.37. The van der Waals surface area contributed by atoms with Crippen molar-refractivity contribution in [3.8, 4) is 0 Å². The lowest BCUT2D eigenvalue weighted by Crippen LogP contribution is -2.19.